The Kier molecular flexibility index (Phi) is 4.35. The first kappa shape index (κ1) is 11.8. The number of hydrogen-bond donors (Lipinski definition) is 0. The smallest absolute Gasteiger partial charge is 0.120 e. The Balaban J connectivity index is 3.04. The molecule has 1 nitrogen and oxygen atoms in total. The number of alkyl halides is 1. The van der Waals surface area contributed by atoms with Gasteiger partial charge in [-0.2, -0.15) is 0 Å². The second-order valence-corrected chi connectivity index (χ2v) is 3.32. The van der Waals surface area contributed by atoms with Crippen molar-refractivity contribution in [2.24, 2.45) is 0 Å². The first-order valence-electron chi connectivity index (χ1n) is 5.00. The van der Waals surface area contributed by atoms with E-state index in [9.17, 15) is 4.39 Å². The van der Waals surface area contributed by atoms with Crippen LogP contribution >= 0.6 is 0 Å². The molecule has 0 amide bonds. The number of rotatable bonds is 5. The molecule has 1 unspecified atom stereocenters. The summed E-state index contributed by atoms with van der Waals surface area (Å²) >= 11 is 0. The van der Waals surface area contributed by atoms with E-state index in [0.29, 0.717) is 6.61 Å². The Morgan fingerprint density at radius 3 is 2.73 bits per heavy atom. The fraction of sp³-hybridized carbons (Fsp3) is 0.308. The molecular weight excluding hydrogens is 191 g/mol. The first-order valence-corrected chi connectivity index (χ1v) is 5.00. The molecule has 1 atom stereocenters. The van der Waals surface area contributed by atoms with E-state index >= 15 is 0 Å². The fourth-order valence-corrected chi connectivity index (χ4v) is 1.34. The quantitative estimate of drug-likeness (QED) is 0.716. The van der Waals surface area contributed by atoms with E-state index in [1.165, 1.54) is 0 Å². The Labute approximate surface area is 90.6 Å². The molecule has 0 aliphatic rings. The summed E-state index contributed by atoms with van der Waals surface area (Å²) in [7, 11) is 0. The Morgan fingerprint density at radius 2 is 2.20 bits per heavy atom. The van der Waals surface area contributed by atoms with Crippen molar-refractivity contribution in [1.29, 1.82) is 0 Å². The van der Waals surface area contributed by atoms with Gasteiger partial charge in [-0.1, -0.05) is 18.7 Å². The molecule has 2 heteroatoms. The molecule has 15 heavy (non-hydrogen) atoms. The molecule has 0 saturated carbocycles. The zero-order chi connectivity index (χ0) is 11.3. The van der Waals surface area contributed by atoms with Gasteiger partial charge in [0.15, 0.2) is 0 Å². The van der Waals surface area contributed by atoms with E-state index in [1.54, 1.807) is 6.08 Å². The van der Waals surface area contributed by atoms with Gasteiger partial charge in [0.05, 0.1) is 13.3 Å². The van der Waals surface area contributed by atoms with Crippen molar-refractivity contribution >= 4 is 6.08 Å². The van der Waals surface area contributed by atoms with Gasteiger partial charge in [-0.3, -0.25) is 4.39 Å². The number of benzene rings is 1. The molecule has 81 valence electrons. The molecule has 1 aromatic rings. The normalized spacial score (nSPS) is 12.2. The maximum absolute atomic E-state index is 12.5. The van der Waals surface area contributed by atoms with Gasteiger partial charge in [-0.25, -0.2) is 0 Å². The first-order chi connectivity index (χ1) is 7.21. The van der Waals surface area contributed by atoms with E-state index in [-0.39, 0.29) is 5.92 Å². The van der Waals surface area contributed by atoms with Crippen molar-refractivity contribution < 1.29 is 9.13 Å². The van der Waals surface area contributed by atoms with Crippen LogP contribution in [0.3, 0.4) is 0 Å². The summed E-state index contributed by atoms with van der Waals surface area (Å²) in [5.41, 5.74) is 1.77. The minimum atomic E-state index is -0.466. The molecule has 0 spiro atoms. The summed E-state index contributed by atoms with van der Waals surface area (Å²) in [6, 6.07) is 5.59. The van der Waals surface area contributed by atoms with Gasteiger partial charge in [-0.15, -0.1) is 0 Å². The summed E-state index contributed by atoms with van der Waals surface area (Å²) in [6.45, 7) is 9.47. The standard InChI is InChI=1S/C13H16FO/c1-4-11-6-12(10(3)9-14)8-13(7-11)15-5-2/h4,6-8,10H,1,3,5,9H2,2H3. The number of ether oxygens (including phenoxy) is 1. The molecular formula is C13H16FO. The van der Waals surface area contributed by atoms with Crippen LogP contribution in [0.2, 0.25) is 0 Å². The minimum absolute atomic E-state index is 0.343. The van der Waals surface area contributed by atoms with Crippen LogP contribution in [0, 0.1) is 6.92 Å². The highest BCUT2D eigenvalue weighted by molar-refractivity contribution is 5.52. The summed E-state index contributed by atoms with van der Waals surface area (Å²) in [5.74, 6) is 0.399. The lowest BCUT2D eigenvalue weighted by Crippen LogP contribution is -1.99. The summed E-state index contributed by atoms with van der Waals surface area (Å²) in [5, 5.41) is 0. The van der Waals surface area contributed by atoms with Crippen molar-refractivity contribution in [3.8, 4) is 5.75 Å². The number of halogens is 1. The third-order valence-corrected chi connectivity index (χ3v) is 2.16. The van der Waals surface area contributed by atoms with Crippen molar-refractivity contribution in [2.75, 3.05) is 13.3 Å². The van der Waals surface area contributed by atoms with Gasteiger partial charge in [0.25, 0.3) is 0 Å². The van der Waals surface area contributed by atoms with Gasteiger partial charge >= 0.3 is 0 Å². The second-order valence-electron chi connectivity index (χ2n) is 3.32. The molecule has 0 fully saturated rings. The average Bonchev–Trinajstić information content (AvgIpc) is 2.28. The van der Waals surface area contributed by atoms with Crippen LogP contribution in [0.5, 0.6) is 5.75 Å². The fourth-order valence-electron chi connectivity index (χ4n) is 1.34. The van der Waals surface area contributed by atoms with Crippen LogP contribution in [0.1, 0.15) is 24.0 Å². The molecule has 0 heterocycles. The van der Waals surface area contributed by atoms with E-state index in [2.05, 4.69) is 13.5 Å². The van der Waals surface area contributed by atoms with Crippen LogP contribution < -0.4 is 4.74 Å². The molecule has 0 aromatic heterocycles. The zero-order valence-electron chi connectivity index (χ0n) is 9.00. The molecule has 1 rings (SSSR count). The lowest BCUT2D eigenvalue weighted by molar-refractivity contribution is 0.339. The zero-order valence-corrected chi connectivity index (χ0v) is 9.00. The highest BCUT2D eigenvalue weighted by Gasteiger charge is 2.07. The number of hydrogen-bond acceptors (Lipinski definition) is 1. The summed E-state index contributed by atoms with van der Waals surface area (Å²) < 4.78 is 17.9. The van der Waals surface area contributed by atoms with Crippen molar-refractivity contribution in [3.63, 3.8) is 0 Å². The molecule has 0 bridgehead atoms. The van der Waals surface area contributed by atoms with Crippen molar-refractivity contribution in [1.82, 2.24) is 0 Å². The van der Waals surface area contributed by atoms with Crippen LogP contribution in [-0.2, 0) is 0 Å². The van der Waals surface area contributed by atoms with Crippen LogP contribution in [0.25, 0.3) is 6.08 Å². The highest BCUT2D eigenvalue weighted by atomic mass is 19.1. The lowest BCUT2D eigenvalue weighted by Gasteiger charge is -2.11. The van der Waals surface area contributed by atoms with Gasteiger partial charge in [0, 0.05) is 5.92 Å². The van der Waals surface area contributed by atoms with E-state index in [1.807, 2.05) is 25.1 Å². The van der Waals surface area contributed by atoms with Gasteiger partial charge in [0.1, 0.15) is 5.75 Å². The maximum atomic E-state index is 12.5. The monoisotopic (exact) mass is 207 g/mol. The topological polar surface area (TPSA) is 9.23 Å². The van der Waals surface area contributed by atoms with Crippen LogP contribution in [0.15, 0.2) is 24.8 Å². The van der Waals surface area contributed by atoms with Crippen molar-refractivity contribution in [2.45, 2.75) is 12.8 Å². The van der Waals surface area contributed by atoms with Crippen LogP contribution in [-0.4, -0.2) is 13.3 Å². The summed E-state index contributed by atoms with van der Waals surface area (Å²) in [6.07, 6.45) is 1.72. The van der Waals surface area contributed by atoms with Gasteiger partial charge in [-0.05, 0) is 37.1 Å². The average molecular weight is 207 g/mol. The second kappa shape index (κ2) is 5.54. The predicted molar refractivity (Wildman–Crippen MR) is 61.8 cm³/mol. The third-order valence-electron chi connectivity index (χ3n) is 2.16. The molecule has 0 aliphatic heterocycles. The Bertz CT molecular complexity index is 333. The third kappa shape index (κ3) is 3.08. The largest absolute Gasteiger partial charge is 0.494 e. The maximum Gasteiger partial charge on any atom is 0.120 e. The molecule has 0 N–H and O–H groups in total. The van der Waals surface area contributed by atoms with Crippen molar-refractivity contribution in [3.05, 3.63) is 42.8 Å². The molecule has 1 aromatic carbocycles. The SMILES string of the molecule is [CH2]C(CF)c1cc(C=C)cc(OCC)c1. The van der Waals surface area contributed by atoms with E-state index in [0.717, 1.165) is 16.9 Å². The minimum Gasteiger partial charge on any atom is -0.494 e. The predicted octanol–water partition coefficient (Wildman–Crippen LogP) is 3.62. The van der Waals surface area contributed by atoms with E-state index < -0.39 is 6.67 Å². The highest BCUT2D eigenvalue weighted by Crippen LogP contribution is 2.24. The van der Waals surface area contributed by atoms with Gasteiger partial charge < -0.3 is 4.74 Å². The Morgan fingerprint density at radius 1 is 1.47 bits per heavy atom. The van der Waals surface area contributed by atoms with E-state index in [4.69, 9.17) is 4.74 Å². The molecule has 0 saturated heterocycles. The summed E-state index contributed by atoms with van der Waals surface area (Å²) in [4.78, 5) is 0. The Hall–Kier alpha value is -1.31. The lowest BCUT2D eigenvalue weighted by atomic mass is 10.00. The van der Waals surface area contributed by atoms with Crippen LogP contribution in [0.4, 0.5) is 4.39 Å². The van der Waals surface area contributed by atoms with Gasteiger partial charge in [0.2, 0.25) is 0 Å². The molecule has 1 radical (unpaired) electrons. The molecule has 0 aliphatic carbocycles.